The summed E-state index contributed by atoms with van der Waals surface area (Å²) in [5.74, 6) is -0.0591. The van der Waals surface area contributed by atoms with Gasteiger partial charge in [-0.15, -0.1) is 0 Å². The number of amides is 1. The molecule has 0 spiro atoms. The Labute approximate surface area is 80.5 Å². The van der Waals surface area contributed by atoms with Crippen molar-refractivity contribution in [2.75, 3.05) is 20.6 Å². The van der Waals surface area contributed by atoms with Crippen LogP contribution in [0.15, 0.2) is 0 Å². The molecule has 1 unspecified atom stereocenters. The van der Waals surface area contributed by atoms with Crippen molar-refractivity contribution in [1.82, 2.24) is 10.2 Å². The number of likely N-dealkylation sites (N-methyl/N-ethyl adjacent to an activating group) is 1. The van der Waals surface area contributed by atoms with Gasteiger partial charge in [-0.2, -0.15) is 0 Å². The molecule has 0 rings (SSSR count). The van der Waals surface area contributed by atoms with Crippen LogP contribution in [0.1, 0.15) is 20.3 Å². The van der Waals surface area contributed by atoms with E-state index >= 15 is 0 Å². The van der Waals surface area contributed by atoms with Crippen molar-refractivity contribution in [3.8, 4) is 0 Å². The number of hydrogen-bond acceptors (Lipinski definition) is 3. The maximum absolute atomic E-state index is 11.2. The van der Waals surface area contributed by atoms with Crippen molar-refractivity contribution in [2.45, 2.75) is 32.4 Å². The molecule has 0 aliphatic rings. The van der Waals surface area contributed by atoms with Crippen LogP contribution in [0.3, 0.4) is 0 Å². The fourth-order valence-electron chi connectivity index (χ4n) is 0.747. The average Bonchev–Trinajstić information content (AvgIpc) is 2.11. The van der Waals surface area contributed by atoms with E-state index in [0.29, 0.717) is 19.0 Å². The molecule has 3 N–H and O–H groups in total. The number of carbonyl (C=O) groups is 1. The van der Waals surface area contributed by atoms with Crippen LogP contribution in [0.4, 0.5) is 0 Å². The number of nitrogens with two attached hydrogens (primary N) is 1. The first-order valence-electron chi connectivity index (χ1n) is 4.68. The fourth-order valence-corrected chi connectivity index (χ4v) is 0.747. The molecule has 0 heterocycles. The SMILES string of the molecule is CC[C@H](N)C(=O)NCC(C)N(C)C. The summed E-state index contributed by atoms with van der Waals surface area (Å²) in [4.78, 5) is 13.3. The van der Waals surface area contributed by atoms with Gasteiger partial charge in [0.1, 0.15) is 0 Å². The number of hydrogen-bond donors (Lipinski definition) is 2. The smallest absolute Gasteiger partial charge is 0.236 e. The van der Waals surface area contributed by atoms with Gasteiger partial charge in [0.05, 0.1) is 6.04 Å². The van der Waals surface area contributed by atoms with Crippen LogP contribution in [-0.2, 0) is 4.79 Å². The molecule has 0 fully saturated rings. The summed E-state index contributed by atoms with van der Waals surface area (Å²) in [6.07, 6.45) is 0.683. The molecule has 0 saturated carbocycles. The lowest BCUT2D eigenvalue weighted by Gasteiger charge is -2.20. The summed E-state index contributed by atoms with van der Waals surface area (Å²) in [5, 5.41) is 2.81. The lowest BCUT2D eigenvalue weighted by molar-refractivity contribution is -0.122. The van der Waals surface area contributed by atoms with E-state index in [-0.39, 0.29) is 11.9 Å². The highest BCUT2D eigenvalue weighted by Crippen LogP contribution is 1.90. The largest absolute Gasteiger partial charge is 0.353 e. The Bertz CT molecular complexity index is 159. The molecule has 0 aromatic rings. The van der Waals surface area contributed by atoms with Crippen molar-refractivity contribution in [3.05, 3.63) is 0 Å². The molecule has 0 aromatic carbocycles. The van der Waals surface area contributed by atoms with Gasteiger partial charge in [0.25, 0.3) is 0 Å². The van der Waals surface area contributed by atoms with Crippen LogP contribution in [0.2, 0.25) is 0 Å². The van der Waals surface area contributed by atoms with E-state index in [4.69, 9.17) is 5.73 Å². The Morgan fingerprint density at radius 2 is 2.08 bits per heavy atom. The Hall–Kier alpha value is -0.610. The second kappa shape index (κ2) is 5.94. The van der Waals surface area contributed by atoms with Crippen molar-refractivity contribution in [2.24, 2.45) is 5.73 Å². The number of nitrogens with zero attached hydrogens (tertiary/aromatic N) is 1. The quantitative estimate of drug-likeness (QED) is 0.626. The Morgan fingerprint density at radius 1 is 1.54 bits per heavy atom. The van der Waals surface area contributed by atoms with Crippen LogP contribution >= 0.6 is 0 Å². The van der Waals surface area contributed by atoms with E-state index in [1.54, 1.807) is 0 Å². The molecule has 0 radical (unpaired) electrons. The lowest BCUT2D eigenvalue weighted by atomic mass is 10.2. The standard InChI is InChI=1S/C9H21N3O/c1-5-8(10)9(13)11-6-7(2)12(3)4/h7-8H,5-6,10H2,1-4H3,(H,11,13)/t7?,8-/m0/s1. The van der Waals surface area contributed by atoms with E-state index in [1.165, 1.54) is 0 Å². The first-order chi connectivity index (χ1) is 5.99. The molecule has 0 saturated heterocycles. The number of nitrogens with one attached hydrogen (secondary N) is 1. The second-order valence-electron chi connectivity index (χ2n) is 3.57. The van der Waals surface area contributed by atoms with E-state index < -0.39 is 0 Å². The zero-order chi connectivity index (χ0) is 10.4. The van der Waals surface area contributed by atoms with Crippen molar-refractivity contribution in [1.29, 1.82) is 0 Å². The molecule has 2 atom stereocenters. The second-order valence-corrected chi connectivity index (χ2v) is 3.57. The third-order valence-corrected chi connectivity index (χ3v) is 2.23. The Morgan fingerprint density at radius 3 is 2.46 bits per heavy atom. The highest BCUT2D eigenvalue weighted by Gasteiger charge is 2.12. The van der Waals surface area contributed by atoms with Gasteiger partial charge < -0.3 is 16.0 Å². The van der Waals surface area contributed by atoms with Crippen molar-refractivity contribution < 1.29 is 4.79 Å². The predicted molar refractivity (Wildman–Crippen MR) is 54.4 cm³/mol. The van der Waals surface area contributed by atoms with E-state index in [9.17, 15) is 4.79 Å². The number of rotatable bonds is 5. The third kappa shape index (κ3) is 4.85. The molecule has 1 amide bonds. The molecule has 4 nitrogen and oxygen atoms in total. The van der Waals surface area contributed by atoms with Crippen LogP contribution < -0.4 is 11.1 Å². The summed E-state index contributed by atoms with van der Waals surface area (Å²) >= 11 is 0. The van der Waals surface area contributed by atoms with E-state index in [0.717, 1.165) is 0 Å². The Kier molecular flexibility index (Phi) is 5.66. The Balaban J connectivity index is 3.70. The van der Waals surface area contributed by atoms with Crippen LogP contribution in [-0.4, -0.2) is 43.5 Å². The van der Waals surface area contributed by atoms with Crippen molar-refractivity contribution in [3.63, 3.8) is 0 Å². The molecule has 13 heavy (non-hydrogen) atoms. The minimum atomic E-state index is -0.366. The minimum absolute atomic E-state index is 0.0591. The summed E-state index contributed by atoms with van der Waals surface area (Å²) in [5.41, 5.74) is 5.55. The molecule has 0 aromatic heterocycles. The molecule has 0 aliphatic carbocycles. The van der Waals surface area contributed by atoms with Gasteiger partial charge in [-0.25, -0.2) is 0 Å². The molecule has 0 aliphatic heterocycles. The highest BCUT2D eigenvalue weighted by atomic mass is 16.2. The van der Waals surface area contributed by atoms with Crippen LogP contribution in [0.5, 0.6) is 0 Å². The monoisotopic (exact) mass is 187 g/mol. The van der Waals surface area contributed by atoms with Crippen LogP contribution in [0.25, 0.3) is 0 Å². The van der Waals surface area contributed by atoms with Gasteiger partial charge in [-0.1, -0.05) is 6.92 Å². The summed E-state index contributed by atoms with van der Waals surface area (Å²) < 4.78 is 0. The van der Waals surface area contributed by atoms with Gasteiger partial charge in [0.15, 0.2) is 0 Å². The van der Waals surface area contributed by atoms with Crippen molar-refractivity contribution >= 4 is 5.91 Å². The maximum Gasteiger partial charge on any atom is 0.236 e. The summed E-state index contributed by atoms with van der Waals surface area (Å²) in [6, 6.07) is -0.0256. The molecule has 0 bridgehead atoms. The summed E-state index contributed by atoms with van der Waals surface area (Å²) in [7, 11) is 3.97. The van der Waals surface area contributed by atoms with Gasteiger partial charge >= 0.3 is 0 Å². The minimum Gasteiger partial charge on any atom is -0.353 e. The van der Waals surface area contributed by atoms with Gasteiger partial charge in [0.2, 0.25) is 5.91 Å². The predicted octanol–water partition coefficient (Wildman–Crippen LogP) is -0.210. The topological polar surface area (TPSA) is 58.4 Å². The zero-order valence-electron chi connectivity index (χ0n) is 9.00. The summed E-state index contributed by atoms with van der Waals surface area (Å²) in [6.45, 7) is 4.61. The van der Waals surface area contributed by atoms with Gasteiger partial charge in [-0.3, -0.25) is 4.79 Å². The van der Waals surface area contributed by atoms with Gasteiger partial charge in [-0.05, 0) is 27.4 Å². The normalized spacial score (nSPS) is 15.5. The first-order valence-corrected chi connectivity index (χ1v) is 4.68. The van der Waals surface area contributed by atoms with Gasteiger partial charge in [0, 0.05) is 12.6 Å². The molecular formula is C9H21N3O. The molecular weight excluding hydrogens is 166 g/mol. The van der Waals surface area contributed by atoms with E-state index in [1.807, 2.05) is 21.0 Å². The lowest BCUT2D eigenvalue weighted by Crippen LogP contribution is -2.45. The molecule has 78 valence electrons. The number of carbonyl (C=O) groups excluding carboxylic acids is 1. The maximum atomic E-state index is 11.2. The molecule has 4 heteroatoms. The first kappa shape index (κ1) is 12.4. The van der Waals surface area contributed by atoms with Crippen LogP contribution in [0, 0.1) is 0 Å². The highest BCUT2D eigenvalue weighted by molar-refractivity contribution is 5.81. The van der Waals surface area contributed by atoms with E-state index in [2.05, 4.69) is 17.1 Å². The third-order valence-electron chi connectivity index (χ3n) is 2.23. The fraction of sp³-hybridized carbons (Fsp3) is 0.889. The average molecular weight is 187 g/mol. The zero-order valence-corrected chi connectivity index (χ0v) is 9.00.